The van der Waals surface area contributed by atoms with Gasteiger partial charge < -0.3 is 0 Å². The van der Waals surface area contributed by atoms with E-state index in [9.17, 15) is 0 Å². The summed E-state index contributed by atoms with van der Waals surface area (Å²) in [5, 5.41) is 0. The molecule has 0 atom stereocenters. The minimum Gasteiger partial charge on any atom is -0.294 e. The molecule has 0 saturated heterocycles. The first-order valence-corrected chi connectivity index (χ1v) is 7.24. The quantitative estimate of drug-likeness (QED) is 0.645. The first-order chi connectivity index (χ1) is 7.84. The van der Waals surface area contributed by atoms with Crippen LogP contribution in [0.5, 0.6) is 0 Å². The Morgan fingerprint density at radius 2 is 1.47 bits per heavy atom. The average Bonchev–Trinajstić information content (AvgIpc) is 2.28. The van der Waals surface area contributed by atoms with E-state index in [-0.39, 0.29) is 12.4 Å². The fourth-order valence-electron chi connectivity index (χ4n) is 5.52. The van der Waals surface area contributed by atoms with Gasteiger partial charge in [-0.2, -0.15) is 0 Å². The highest BCUT2D eigenvalue weighted by atomic mass is 35.5. The van der Waals surface area contributed by atoms with Crippen LogP contribution in [-0.4, -0.2) is 23.5 Å². The molecule has 0 spiro atoms. The Kier molecular flexibility index (Phi) is 3.03. The first-order valence-electron chi connectivity index (χ1n) is 7.24. The molecule has 5 aliphatic rings. The first kappa shape index (κ1) is 12.0. The van der Waals surface area contributed by atoms with Crippen molar-refractivity contribution in [1.29, 1.82) is 0 Å². The molecule has 2 heteroatoms. The summed E-state index contributed by atoms with van der Waals surface area (Å²) in [5.74, 6) is 3.28. The van der Waals surface area contributed by atoms with E-state index in [0.29, 0.717) is 5.54 Å². The van der Waals surface area contributed by atoms with Gasteiger partial charge in [0.05, 0.1) is 0 Å². The Hall–Kier alpha value is -0.0100. The minimum atomic E-state index is 0. The number of hydrogen-bond donors (Lipinski definition) is 0. The lowest BCUT2D eigenvalue weighted by atomic mass is 9.52. The van der Waals surface area contributed by atoms with E-state index in [1.54, 1.807) is 19.3 Å². The third-order valence-electron chi connectivity index (χ3n) is 5.73. The van der Waals surface area contributed by atoms with Gasteiger partial charge >= 0.3 is 0 Å². The van der Waals surface area contributed by atoms with Crippen molar-refractivity contribution in [2.75, 3.05) is 13.1 Å². The summed E-state index contributed by atoms with van der Waals surface area (Å²) in [5.41, 5.74) is 0.652. The summed E-state index contributed by atoms with van der Waals surface area (Å²) in [6, 6.07) is 0. The lowest BCUT2D eigenvalue weighted by Gasteiger charge is -2.61. The van der Waals surface area contributed by atoms with Gasteiger partial charge in [0, 0.05) is 18.6 Å². The lowest BCUT2D eigenvalue weighted by Crippen LogP contribution is -2.60. The van der Waals surface area contributed by atoms with E-state index in [0.717, 1.165) is 17.8 Å². The molecule has 1 nitrogen and oxygen atoms in total. The monoisotopic (exact) mass is 253 g/mol. The van der Waals surface area contributed by atoms with Crippen LogP contribution in [0.1, 0.15) is 44.9 Å². The van der Waals surface area contributed by atoms with Gasteiger partial charge in [0.1, 0.15) is 0 Å². The van der Waals surface area contributed by atoms with Gasteiger partial charge in [-0.25, -0.2) is 0 Å². The van der Waals surface area contributed by atoms with E-state index < -0.39 is 0 Å². The summed E-state index contributed by atoms with van der Waals surface area (Å²) in [6.07, 6.45) is 15.4. The van der Waals surface area contributed by atoms with E-state index in [1.165, 1.54) is 38.8 Å². The van der Waals surface area contributed by atoms with Crippen molar-refractivity contribution in [3.05, 3.63) is 12.2 Å². The molecular formula is C15H24ClN. The molecule has 0 amide bonds. The van der Waals surface area contributed by atoms with Crippen LogP contribution in [-0.2, 0) is 0 Å². The maximum atomic E-state index is 2.84. The van der Waals surface area contributed by atoms with Gasteiger partial charge in [0.15, 0.2) is 0 Å². The van der Waals surface area contributed by atoms with Crippen molar-refractivity contribution in [2.24, 2.45) is 17.8 Å². The zero-order chi connectivity index (χ0) is 10.6. The smallest absolute Gasteiger partial charge is 0.0220 e. The summed E-state index contributed by atoms with van der Waals surface area (Å²) in [7, 11) is 0. The summed E-state index contributed by atoms with van der Waals surface area (Å²) in [4.78, 5) is 2.84. The molecular weight excluding hydrogens is 230 g/mol. The lowest BCUT2D eigenvalue weighted by molar-refractivity contribution is -0.0853. The fourth-order valence-corrected chi connectivity index (χ4v) is 5.52. The standard InChI is InChI=1S/C15H23N.ClH/c1-2-4-16(5-3-1)15-9-12-6-13(10-15)8-14(7-12)11-15;/h1-2,12-14H,3-11H2;1H. The Bertz CT molecular complexity index is 288. The molecule has 4 bridgehead atoms. The Morgan fingerprint density at radius 1 is 0.882 bits per heavy atom. The predicted molar refractivity (Wildman–Crippen MR) is 73.5 cm³/mol. The van der Waals surface area contributed by atoms with Crippen LogP contribution >= 0.6 is 12.4 Å². The highest BCUT2D eigenvalue weighted by Crippen LogP contribution is 2.57. The second-order valence-corrected chi connectivity index (χ2v) is 6.85. The average molecular weight is 254 g/mol. The Morgan fingerprint density at radius 3 is 1.94 bits per heavy atom. The predicted octanol–water partition coefficient (Wildman–Crippen LogP) is 3.64. The van der Waals surface area contributed by atoms with Crippen molar-refractivity contribution in [1.82, 2.24) is 4.90 Å². The van der Waals surface area contributed by atoms with E-state index in [4.69, 9.17) is 0 Å². The molecule has 4 saturated carbocycles. The molecule has 0 radical (unpaired) electrons. The second kappa shape index (κ2) is 4.28. The zero-order valence-electron chi connectivity index (χ0n) is 10.6. The molecule has 4 aliphatic carbocycles. The molecule has 0 unspecified atom stereocenters. The van der Waals surface area contributed by atoms with Crippen molar-refractivity contribution in [3.63, 3.8) is 0 Å². The topological polar surface area (TPSA) is 3.24 Å². The van der Waals surface area contributed by atoms with Crippen LogP contribution in [0.3, 0.4) is 0 Å². The van der Waals surface area contributed by atoms with Gasteiger partial charge in [-0.15, -0.1) is 12.4 Å². The second-order valence-electron chi connectivity index (χ2n) is 6.85. The normalized spacial score (nSPS) is 48.1. The number of rotatable bonds is 1. The van der Waals surface area contributed by atoms with Crippen LogP contribution < -0.4 is 0 Å². The summed E-state index contributed by atoms with van der Waals surface area (Å²) in [6.45, 7) is 2.58. The molecule has 1 heterocycles. The molecule has 1 aliphatic heterocycles. The highest BCUT2D eigenvalue weighted by molar-refractivity contribution is 5.85. The molecule has 4 fully saturated rings. The van der Waals surface area contributed by atoms with Gasteiger partial charge in [-0.3, -0.25) is 4.90 Å². The van der Waals surface area contributed by atoms with Gasteiger partial charge in [-0.1, -0.05) is 12.2 Å². The van der Waals surface area contributed by atoms with Crippen LogP contribution in [0.2, 0.25) is 0 Å². The number of nitrogens with zero attached hydrogens (tertiary/aromatic N) is 1. The number of hydrogen-bond acceptors (Lipinski definition) is 1. The van der Waals surface area contributed by atoms with Crippen LogP contribution in [0.4, 0.5) is 0 Å². The molecule has 0 aromatic carbocycles. The minimum absolute atomic E-state index is 0. The van der Waals surface area contributed by atoms with Gasteiger partial charge in [0.2, 0.25) is 0 Å². The van der Waals surface area contributed by atoms with Crippen LogP contribution in [0.25, 0.3) is 0 Å². The maximum Gasteiger partial charge on any atom is 0.0220 e. The highest BCUT2D eigenvalue weighted by Gasteiger charge is 2.53. The molecule has 96 valence electrons. The van der Waals surface area contributed by atoms with E-state index in [1.807, 2.05) is 0 Å². The molecule has 0 N–H and O–H groups in total. The number of halogens is 1. The van der Waals surface area contributed by atoms with Crippen molar-refractivity contribution in [2.45, 2.75) is 50.5 Å². The summed E-state index contributed by atoms with van der Waals surface area (Å²) >= 11 is 0. The fraction of sp³-hybridized carbons (Fsp3) is 0.867. The van der Waals surface area contributed by atoms with Gasteiger partial charge in [-0.05, 0) is 62.7 Å². The third kappa shape index (κ3) is 1.86. The maximum absolute atomic E-state index is 2.84. The molecule has 0 aromatic heterocycles. The van der Waals surface area contributed by atoms with Gasteiger partial charge in [0.25, 0.3) is 0 Å². The SMILES string of the molecule is C1=CCN(C23CC4CC(CC(C4)C2)C3)CC1.Cl. The summed E-state index contributed by atoms with van der Waals surface area (Å²) < 4.78 is 0. The van der Waals surface area contributed by atoms with Crippen molar-refractivity contribution < 1.29 is 0 Å². The van der Waals surface area contributed by atoms with Crippen LogP contribution in [0.15, 0.2) is 12.2 Å². The molecule has 17 heavy (non-hydrogen) atoms. The van der Waals surface area contributed by atoms with Crippen LogP contribution in [0, 0.1) is 17.8 Å². The Labute approximate surface area is 111 Å². The Balaban J connectivity index is 0.000000902. The molecule has 0 aromatic rings. The zero-order valence-corrected chi connectivity index (χ0v) is 11.4. The van der Waals surface area contributed by atoms with Crippen molar-refractivity contribution >= 4 is 12.4 Å². The third-order valence-corrected chi connectivity index (χ3v) is 5.73. The largest absolute Gasteiger partial charge is 0.294 e. The van der Waals surface area contributed by atoms with E-state index in [2.05, 4.69) is 17.1 Å². The van der Waals surface area contributed by atoms with E-state index >= 15 is 0 Å². The molecule has 5 rings (SSSR count). The van der Waals surface area contributed by atoms with Crippen molar-refractivity contribution in [3.8, 4) is 0 Å².